The second-order valence-electron chi connectivity index (χ2n) is 3.47. The summed E-state index contributed by atoms with van der Waals surface area (Å²) in [5, 5.41) is 0. The van der Waals surface area contributed by atoms with Crippen molar-refractivity contribution in [3.05, 3.63) is 40.3 Å². The number of nitrogens with two attached hydrogens (primary N) is 1. The largest absolute Gasteiger partial charge is 0.336 e. The zero-order valence-electron chi connectivity index (χ0n) is 8.60. The van der Waals surface area contributed by atoms with Crippen LogP contribution in [0.15, 0.2) is 29.1 Å². The van der Waals surface area contributed by atoms with E-state index in [1.807, 2.05) is 25.1 Å². The molecule has 1 aromatic heterocycles. The lowest BCUT2D eigenvalue weighted by atomic mass is 10.2. The Kier molecular flexibility index (Phi) is 2.41. The van der Waals surface area contributed by atoms with E-state index in [4.69, 9.17) is 5.84 Å². The Morgan fingerprint density at radius 2 is 2.13 bits per heavy atom. The van der Waals surface area contributed by atoms with E-state index in [9.17, 15) is 4.79 Å². The van der Waals surface area contributed by atoms with Gasteiger partial charge in [0.05, 0.1) is 11.0 Å². The normalized spacial score (nSPS) is 10.7. The van der Waals surface area contributed by atoms with Crippen LogP contribution in [0.4, 0.5) is 0 Å². The Morgan fingerprint density at radius 1 is 1.40 bits per heavy atom. The molecule has 0 saturated carbocycles. The molecule has 78 valence electrons. The number of para-hydroxylation sites is 2. The molecule has 0 bridgehead atoms. The highest BCUT2D eigenvalue weighted by Gasteiger charge is 2.07. The molecule has 2 N–H and O–H groups in total. The molecule has 0 fully saturated rings. The molecule has 15 heavy (non-hydrogen) atoms. The quantitative estimate of drug-likeness (QED) is 0.742. The number of rotatable bonds is 2. The number of aromatic nitrogens is 2. The van der Waals surface area contributed by atoms with Crippen molar-refractivity contribution in [3.8, 4) is 0 Å². The number of benzene rings is 1. The summed E-state index contributed by atoms with van der Waals surface area (Å²) in [6, 6.07) is 7.37. The van der Waals surface area contributed by atoms with Crippen molar-refractivity contribution < 1.29 is 0 Å². The summed E-state index contributed by atoms with van der Waals surface area (Å²) in [4.78, 5) is 16.1. The van der Waals surface area contributed by atoms with Crippen molar-refractivity contribution in [2.75, 3.05) is 5.84 Å². The van der Waals surface area contributed by atoms with E-state index < -0.39 is 0 Å². The Hall–Kier alpha value is -1.84. The van der Waals surface area contributed by atoms with E-state index in [1.54, 1.807) is 6.07 Å². The summed E-state index contributed by atoms with van der Waals surface area (Å²) < 4.78 is 1.17. The minimum Gasteiger partial charge on any atom is -0.336 e. The minimum absolute atomic E-state index is 0.199. The first kappa shape index (κ1) is 9.71. The smallest absolute Gasteiger partial charge is 0.290 e. The van der Waals surface area contributed by atoms with E-state index in [0.29, 0.717) is 17.6 Å². The highest BCUT2D eigenvalue weighted by molar-refractivity contribution is 5.74. The van der Waals surface area contributed by atoms with Crippen LogP contribution in [0, 0.1) is 0 Å². The predicted molar refractivity (Wildman–Crippen MR) is 60.1 cm³/mol. The van der Waals surface area contributed by atoms with Gasteiger partial charge in [0.15, 0.2) is 0 Å². The summed E-state index contributed by atoms with van der Waals surface area (Å²) >= 11 is 0. The SMILES string of the molecule is CCCc1nc2ccccc2n(N)c1=O. The molecule has 4 nitrogen and oxygen atoms in total. The second-order valence-corrected chi connectivity index (χ2v) is 3.47. The van der Waals surface area contributed by atoms with Crippen LogP contribution in [0.1, 0.15) is 19.0 Å². The summed E-state index contributed by atoms with van der Waals surface area (Å²) in [5.41, 5.74) is 1.78. The molecule has 0 aliphatic rings. The molecule has 1 aromatic carbocycles. The van der Waals surface area contributed by atoms with Gasteiger partial charge in [0.2, 0.25) is 0 Å². The topological polar surface area (TPSA) is 60.9 Å². The fourth-order valence-corrected chi connectivity index (χ4v) is 1.60. The lowest BCUT2D eigenvalue weighted by Gasteiger charge is -2.06. The molecule has 0 atom stereocenters. The van der Waals surface area contributed by atoms with Gasteiger partial charge in [0.25, 0.3) is 5.56 Å². The van der Waals surface area contributed by atoms with Gasteiger partial charge < -0.3 is 5.84 Å². The van der Waals surface area contributed by atoms with Crippen molar-refractivity contribution in [2.45, 2.75) is 19.8 Å². The summed E-state index contributed by atoms with van der Waals surface area (Å²) in [6.45, 7) is 2.01. The Morgan fingerprint density at radius 3 is 2.87 bits per heavy atom. The Balaban J connectivity index is 2.77. The van der Waals surface area contributed by atoms with Crippen LogP contribution in [0.2, 0.25) is 0 Å². The zero-order chi connectivity index (χ0) is 10.8. The maximum absolute atomic E-state index is 11.7. The van der Waals surface area contributed by atoms with Gasteiger partial charge in [-0.25, -0.2) is 9.66 Å². The van der Waals surface area contributed by atoms with Gasteiger partial charge in [-0.2, -0.15) is 0 Å². The molecular formula is C11H13N3O. The zero-order valence-corrected chi connectivity index (χ0v) is 8.60. The fraction of sp³-hybridized carbons (Fsp3) is 0.273. The average molecular weight is 203 g/mol. The van der Waals surface area contributed by atoms with Crippen molar-refractivity contribution in [3.63, 3.8) is 0 Å². The van der Waals surface area contributed by atoms with Crippen LogP contribution < -0.4 is 11.4 Å². The molecule has 2 rings (SSSR count). The van der Waals surface area contributed by atoms with Crippen LogP contribution in [-0.2, 0) is 6.42 Å². The number of fused-ring (bicyclic) bond motifs is 1. The van der Waals surface area contributed by atoms with Crippen LogP contribution in [0.5, 0.6) is 0 Å². The maximum Gasteiger partial charge on any atom is 0.290 e. The van der Waals surface area contributed by atoms with Gasteiger partial charge in [-0.05, 0) is 18.6 Å². The van der Waals surface area contributed by atoms with Gasteiger partial charge in [-0.3, -0.25) is 4.79 Å². The van der Waals surface area contributed by atoms with E-state index in [2.05, 4.69) is 4.98 Å². The molecule has 0 aliphatic carbocycles. The predicted octanol–water partition coefficient (Wildman–Crippen LogP) is 1.06. The van der Waals surface area contributed by atoms with E-state index in [1.165, 1.54) is 4.68 Å². The van der Waals surface area contributed by atoms with Gasteiger partial charge in [0, 0.05) is 0 Å². The summed E-state index contributed by atoms with van der Waals surface area (Å²) in [5.74, 6) is 5.71. The number of nitrogens with zero attached hydrogens (tertiary/aromatic N) is 2. The molecule has 0 unspecified atom stereocenters. The number of hydrogen-bond donors (Lipinski definition) is 1. The van der Waals surface area contributed by atoms with Crippen LogP contribution in [0.25, 0.3) is 11.0 Å². The van der Waals surface area contributed by atoms with Gasteiger partial charge in [0.1, 0.15) is 5.69 Å². The van der Waals surface area contributed by atoms with Crippen molar-refractivity contribution >= 4 is 11.0 Å². The lowest BCUT2D eigenvalue weighted by molar-refractivity contribution is 0.832. The van der Waals surface area contributed by atoms with Crippen LogP contribution in [0.3, 0.4) is 0 Å². The first-order valence-corrected chi connectivity index (χ1v) is 4.99. The van der Waals surface area contributed by atoms with Crippen molar-refractivity contribution in [1.82, 2.24) is 9.66 Å². The van der Waals surface area contributed by atoms with E-state index in [-0.39, 0.29) is 5.56 Å². The third kappa shape index (κ3) is 1.58. The summed E-state index contributed by atoms with van der Waals surface area (Å²) in [6.07, 6.45) is 1.56. The molecule has 0 amide bonds. The van der Waals surface area contributed by atoms with Crippen molar-refractivity contribution in [1.29, 1.82) is 0 Å². The van der Waals surface area contributed by atoms with Crippen LogP contribution in [-0.4, -0.2) is 9.66 Å². The number of hydrogen-bond acceptors (Lipinski definition) is 3. The van der Waals surface area contributed by atoms with Crippen LogP contribution >= 0.6 is 0 Å². The van der Waals surface area contributed by atoms with Gasteiger partial charge in [-0.15, -0.1) is 0 Å². The van der Waals surface area contributed by atoms with Crippen molar-refractivity contribution in [2.24, 2.45) is 0 Å². The Labute approximate surface area is 87.3 Å². The average Bonchev–Trinajstić information content (AvgIpc) is 2.26. The Bertz CT molecular complexity index is 545. The first-order chi connectivity index (χ1) is 7.24. The number of nitrogen functional groups attached to an aromatic ring is 1. The lowest BCUT2D eigenvalue weighted by Crippen LogP contribution is -2.31. The monoisotopic (exact) mass is 203 g/mol. The van der Waals surface area contributed by atoms with Gasteiger partial charge in [-0.1, -0.05) is 25.5 Å². The summed E-state index contributed by atoms with van der Waals surface area (Å²) in [7, 11) is 0. The molecule has 0 aliphatic heterocycles. The molecule has 0 spiro atoms. The third-order valence-corrected chi connectivity index (χ3v) is 2.35. The standard InChI is InChI=1S/C11H13N3O/c1-2-5-9-11(15)14(12)10-7-4-3-6-8(10)13-9/h3-4,6-7H,2,5,12H2,1H3. The van der Waals surface area contributed by atoms with E-state index >= 15 is 0 Å². The maximum atomic E-state index is 11.7. The minimum atomic E-state index is -0.199. The highest BCUT2D eigenvalue weighted by Crippen LogP contribution is 2.08. The molecular weight excluding hydrogens is 190 g/mol. The third-order valence-electron chi connectivity index (χ3n) is 2.35. The molecule has 4 heteroatoms. The molecule has 0 saturated heterocycles. The fourth-order valence-electron chi connectivity index (χ4n) is 1.60. The van der Waals surface area contributed by atoms with E-state index in [0.717, 1.165) is 11.9 Å². The number of aryl methyl sites for hydroxylation is 1. The highest BCUT2D eigenvalue weighted by atomic mass is 16.1. The molecule has 1 heterocycles. The molecule has 0 radical (unpaired) electrons. The molecule has 2 aromatic rings. The second kappa shape index (κ2) is 3.73. The van der Waals surface area contributed by atoms with Gasteiger partial charge >= 0.3 is 0 Å². The first-order valence-electron chi connectivity index (χ1n) is 4.99.